The lowest BCUT2D eigenvalue weighted by Crippen LogP contribution is -1.99. The summed E-state index contributed by atoms with van der Waals surface area (Å²) in [7, 11) is 0. The molecular weight excluding hydrogens is 249 g/mol. The van der Waals surface area contributed by atoms with Crippen LogP contribution < -0.4 is 0 Å². The topological polar surface area (TPSA) is 12.9 Å². The van der Waals surface area contributed by atoms with Gasteiger partial charge in [-0.25, -0.2) is 4.39 Å². The summed E-state index contributed by atoms with van der Waals surface area (Å²) in [5.74, 6) is -0.184. The molecule has 2 rings (SSSR count). The van der Waals surface area contributed by atoms with Crippen LogP contribution in [0, 0.1) is 19.7 Å². The lowest BCUT2D eigenvalue weighted by atomic mass is 10.0. The van der Waals surface area contributed by atoms with Gasteiger partial charge >= 0.3 is 0 Å². The first-order valence-corrected chi connectivity index (χ1v) is 6.30. The maximum Gasteiger partial charge on any atom is 0.123 e. The molecule has 1 nitrogen and oxygen atoms in total. The largest absolute Gasteiger partial charge is 0.259 e. The summed E-state index contributed by atoms with van der Waals surface area (Å²) < 4.78 is 13.2. The van der Waals surface area contributed by atoms with E-state index in [9.17, 15) is 4.39 Å². The summed E-state index contributed by atoms with van der Waals surface area (Å²) in [6.07, 6.45) is 3.24. The van der Waals surface area contributed by atoms with Gasteiger partial charge in [0, 0.05) is 11.9 Å². The highest BCUT2D eigenvalue weighted by atomic mass is 35.5. The van der Waals surface area contributed by atoms with E-state index in [1.807, 2.05) is 26.0 Å². The molecule has 0 aliphatic carbocycles. The Hall–Kier alpha value is -1.41. The minimum absolute atomic E-state index is 0.184. The molecular formula is C15H15ClFN. The summed E-state index contributed by atoms with van der Waals surface area (Å²) >= 11 is 5.87. The summed E-state index contributed by atoms with van der Waals surface area (Å²) in [5.41, 5.74) is 4.24. The molecule has 0 bridgehead atoms. The maximum absolute atomic E-state index is 13.2. The minimum Gasteiger partial charge on any atom is -0.259 e. The highest BCUT2D eigenvalue weighted by Gasteiger charge is 2.05. The van der Waals surface area contributed by atoms with Gasteiger partial charge in [-0.1, -0.05) is 17.7 Å². The third-order valence-corrected chi connectivity index (χ3v) is 3.30. The Morgan fingerprint density at radius 1 is 1.11 bits per heavy atom. The Labute approximate surface area is 112 Å². The fourth-order valence-corrected chi connectivity index (χ4v) is 2.21. The van der Waals surface area contributed by atoms with Crippen molar-refractivity contribution in [2.24, 2.45) is 0 Å². The number of hydrogen-bond donors (Lipinski definition) is 0. The second-order valence-electron chi connectivity index (χ2n) is 4.49. The molecule has 18 heavy (non-hydrogen) atoms. The third-order valence-electron chi connectivity index (χ3n) is 3.10. The number of pyridine rings is 1. The van der Waals surface area contributed by atoms with Crippen LogP contribution in [0.2, 0.25) is 5.02 Å². The van der Waals surface area contributed by atoms with Gasteiger partial charge in [0.05, 0.1) is 5.02 Å². The first-order valence-electron chi connectivity index (χ1n) is 5.92. The highest BCUT2D eigenvalue weighted by molar-refractivity contribution is 6.30. The second-order valence-corrected chi connectivity index (χ2v) is 4.92. The molecule has 0 unspecified atom stereocenters. The first kappa shape index (κ1) is 13.0. The van der Waals surface area contributed by atoms with Crippen molar-refractivity contribution < 1.29 is 4.39 Å². The van der Waals surface area contributed by atoms with E-state index in [1.54, 1.807) is 12.3 Å². The van der Waals surface area contributed by atoms with Gasteiger partial charge in [0.25, 0.3) is 0 Å². The maximum atomic E-state index is 13.2. The van der Waals surface area contributed by atoms with E-state index in [-0.39, 0.29) is 5.82 Å². The zero-order chi connectivity index (χ0) is 13.1. The first-order chi connectivity index (χ1) is 8.56. The fourth-order valence-electron chi connectivity index (χ4n) is 1.99. The summed E-state index contributed by atoms with van der Waals surface area (Å²) in [6, 6.07) is 6.81. The average Bonchev–Trinajstić information content (AvgIpc) is 2.32. The van der Waals surface area contributed by atoms with Crippen LogP contribution in [0.1, 0.15) is 22.4 Å². The number of halogens is 2. The van der Waals surface area contributed by atoms with Gasteiger partial charge < -0.3 is 0 Å². The molecule has 1 heterocycles. The van der Waals surface area contributed by atoms with Crippen LogP contribution in [0.4, 0.5) is 4.39 Å². The lowest BCUT2D eigenvalue weighted by Gasteiger charge is -2.08. The summed E-state index contributed by atoms with van der Waals surface area (Å²) in [6.45, 7) is 3.99. The van der Waals surface area contributed by atoms with E-state index >= 15 is 0 Å². The fraction of sp³-hybridized carbons (Fsp3) is 0.267. The molecule has 0 radical (unpaired) electrons. The quantitative estimate of drug-likeness (QED) is 0.806. The number of nitrogens with zero attached hydrogens (tertiary/aromatic N) is 1. The highest BCUT2D eigenvalue weighted by Crippen LogP contribution is 2.16. The van der Waals surface area contributed by atoms with Gasteiger partial charge in [-0.15, -0.1) is 0 Å². The summed E-state index contributed by atoms with van der Waals surface area (Å²) in [4.78, 5) is 4.32. The SMILES string of the molecule is Cc1ccc(F)cc1CCc1ncc(Cl)cc1C. The standard InChI is InChI=1S/C15H15ClFN/c1-10-3-5-14(17)8-12(10)4-6-15-11(2)7-13(16)9-18-15/h3,5,7-9H,4,6H2,1-2H3. The van der Waals surface area contributed by atoms with Crippen LogP contribution in [-0.4, -0.2) is 4.98 Å². The smallest absolute Gasteiger partial charge is 0.123 e. The molecule has 0 aliphatic heterocycles. The Bertz CT molecular complexity index is 566. The predicted octanol–water partition coefficient (Wildman–Crippen LogP) is 4.28. The third kappa shape index (κ3) is 3.08. The van der Waals surface area contributed by atoms with E-state index in [0.717, 1.165) is 35.2 Å². The number of hydrogen-bond acceptors (Lipinski definition) is 1. The van der Waals surface area contributed by atoms with Gasteiger partial charge in [-0.3, -0.25) is 4.98 Å². The van der Waals surface area contributed by atoms with Gasteiger partial charge in [0.1, 0.15) is 5.82 Å². The molecule has 0 spiro atoms. The Kier molecular flexibility index (Phi) is 3.97. The van der Waals surface area contributed by atoms with Crippen LogP contribution in [0.25, 0.3) is 0 Å². The molecule has 0 N–H and O–H groups in total. The molecule has 2 aromatic rings. The Balaban J connectivity index is 2.13. The number of benzene rings is 1. The van der Waals surface area contributed by atoms with Crippen molar-refractivity contribution in [3.63, 3.8) is 0 Å². The van der Waals surface area contributed by atoms with Crippen molar-refractivity contribution in [1.29, 1.82) is 0 Å². The van der Waals surface area contributed by atoms with Crippen molar-refractivity contribution in [1.82, 2.24) is 4.98 Å². The van der Waals surface area contributed by atoms with Crippen molar-refractivity contribution >= 4 is 11.6 Å². The Morgan fingerprint density at radius 2 is 1.89 bits per heavy atom. The molecule has 0 fully saturated rings. The van der Waals surface area contributed by atoms with Gasteiger partial charge in [0.15, 0.2) is 0 Å². The molecule has 0 aliphatic rings. The van der Waals surface area contributed by atoms with Crippen LogP contribution >= 0.6 is 11.6 Å². The van der Waals surface area contributed by atoms with Gasteiger partial charge in [-0.05, 0) is 61.6 Å². The number of aromatic nitrogens is 1. The second kappa shape index (κ2) is 5.49. The molecule has 94 valence electrons. The van der Waals surface area contributed by atoms with E-state index in [2.05, 4.69) is 4.98 Å². The van der Waals surface area contributed by atoms with E-state index in [1.165, 1.54) is 6.07 Å². The van der Waals surface area contributed by atoms with Crippen molar-refractivity contribution in [3.05, 3.63) is 63.7 Å². The monoisotopic (exact) mass is 263 g/mol. The van der Waals surface area contributed by atoms with Gasteiger partial charge in [-0.2, -0.15) is 0 Å². The predicted molar refractivity (Wildman–Crippen MR) is 72.5 cm³/mol. The van der Waals surface area contributed by atoms with E-state index in [4.69, 9.17) is 11.6 Å². The average molecular weight is 264 g/mol. The molecule has 1 aromatic carbocycles. The number of aryl methyl sites for hydroxylation is 4. The van der Waals surface area contributed by atoms with Gasteiger partial charge in [0.2, 0.25) is 0 Å². The molecule has 1 aromatic heterocycles. The molecule has 0 saturated carbocycles. The normalized spacial score (nSPS) is 10.7. The molecule has 0 atom stereocenters. The lowest BCUT2D eigenvalue weighted by molar-refractivity contribution is 0.624. The molecule has 3 heteroatoms. The van der Waals surface area contributed by atoms with Crippen molar-refractivity contribution in [3.8, 4) is 0 Å². The van der Waals surface area contributed by atoms with Crippen LogP contribution in [0.3, 0.4) is 0 Å². The van der Waals surface area contributed by atoms with Crippen molar-refractivity contribution in [2.45, 2.75) is 26.7 Å². The van der Waals surface area contributed by atoms with Crippen molar-refractivity contribution in [2.75, 3.05) is 0 Å². The minimum atomic E-state index is -0.184. The zero-order valence-corrected chi connectivity index (χ0v) is 11.3. The Morgan fingerprint density at radius 3 is 2.61 bits per heavy atom. The molecule has 0 saturated heterocycles. The van der Waals surface area contributed by atoms with E-state index in [0.29, 0.717) is 5.02 Å². The van der Waals surface area contributed by atoms with Crippen LogP contribution in [0.15, 0.2) is 30.5 Å². The van der Waals surface area contributed by atoms with Crippen LogP contribution in [-0.2, 0) is 12.8 Å². The summed E-state index contributed by atoms with van der Waals surface area (Å²) in [5, 5.41) is 0.651. The van der Waals surface area contributed by atoms with E-state index < -0.39 is 0 Å². The molecule has 0 amide bonds. The number of rotatable bonds is 3. The zero-order valence-electron chi connectivity index (χ0n) is 10.5. The van der Waals surface area contributed by atoms with Crippen LogP contribution in [0.5, 0.6) is 0 Å².